The second-order valence-corrected chi connectivity index (χ2v) is 7.61. The fraction of sp³-hybridized carbons (Fsp3) is 0.889. The molecular weight excluding hydrogens is 290 g/mol. The van der Waals surface area contributed by atoms with Gasteiger partial charge in [-0.25, -0.2) is 0 Å². The van der Waals surface area contributed by atoms with Crippen molar-refractivity contribution in [3.63, 3.8) is 0 Å². The molecule has 0 radical (unpaired) electrons. The highest BCUT2D eigenvalue weighted by atomic mass is 16.2. The number of hydrogen-bond acceptors (Lipinski definition) is 3. The lowest BCUT2D eigenvalue weighted by atomic mass is 9.85. The molecule has 2 atom stereocenters. The van der Waals surface area contributed by atoms with E-state index < -0.39 is 0 Å². The second kappa shape index (κ2) is 8.67. The summed E-state index contributed by atoms with van der Waals surface area (Å²) in [5.41, 5.74) is 0. The SMILES string of the molecule is CC(C)C(=O)N1CCC(NC(=O)CC(C)C2CCCNC2)CC1. The molecule has 23 heavy (non-hydrogen) atoms. The van der Waals surface area contributed by atoms with Crippen molar-refractivity contribution in [2.75, 3.05) is 26.2 Å². The summed E-state index contributed by atoms with van der Waals surface area (Å²) in [5.74, 6) is 1.53. The number of carbonyl (C=O) groups is 2. The third-order valence-corrected chi connectivity index (χ3v) is 5.31. The van der Waals surface area contributed by atoms with Crippen molar-refractivity contribution >= 4 is 11.8 Å². The van der Waals surface area contributed by atoms with Crippen LogP contribution in [0.1, 0.15) is 52.9 Å². The average molecular weight is 323 g/mol. The zero-order chi connectivity index (χ0) is 16.8. The van der Waals surface area contributed by atoms with Gasteiger partial charge in [-0.2, -0.15) is 0 Å². The normalized spacial score (nSPS) is 24.5. The van der Waals surface area contributed by atoms with Gasteiger partial charge in [0.1, 0.15) is 0 Å². The minimum atomic E-state index is 0.0612. The monoisotopic (exact) mass is 323 g/mol. The van der Waals surface area contributed by atoms with Gasteiger partial charge in [-0.1, -0.05) is 20.8 Å². The van der Waals surface area contributed by atoms with Gasteiger partial charge in [-0.05, 0) is 50.6 Å². The molecule has 2 amide bonds. The summed E-state index contributed by atoms with van der Waals surface area (Å²) in [5, 5.41) is 6.61. The van der Waals surface area contributed by atoms with Crippen molar-refractivity contribution in [3.05, 3.63) is 0 Å². The number of nitrogens with zero attached hydrogens (tertiary/aromatic N) is 1. The summed E-state index contributed by atoms with van der Waals surface area (Å²) < 4.78 is 0. The van der Waals surface area contributed by atoms with Crippen molar-refractivity contribution in [1.82, 2.24) is 15.5 Å². The van der Waals surface area contributed by atoms with E-state index >= 15 is 0 Å². The third-order valence-electron chi connectivity index (χ3n) is 5.31. The standard InChI is InChI=1S/C18H33N3O2/c1-13(2)18(23)21-9-6-16(7-10-21)20-17(22)11-14(3)15-5-4-8-19-12-15/h13-16,19H,4-12H2,1-3H3,(H,20,22). The molecule has 0 spiro atoms. The Morgan fingerprint density at radius 1 is 1.17 bits per heavy atom. The van der Waals surface area contributed by atoms with Gasteiger partial charge in [-0.3, -0.25) is 9.59 Å². The summed E-state index contributed by atoms with van der Waals surface area (Å²) >= 11 is 0. The Balaban J connectivity index is 1.69. The van der Waals surface area contributed by atoms with Gasteiger partial charge in [0.05, 0.1) is 0 Å². The van der Waals surface area contributed by atoms with E-state index in [-0.39, 0.29) is 23.8 Å². The van der Waals surface area contributed by atoms with E-state index in [1.54, 1.807) is 0 Å². The van der Waals surface area contributed by atoms with E-state index in [2.05, 4.69) is 17.6 Å². The minimum Gasteiger partial charge on any atom is -0.353 e. The van der Waals surface area contributed by atoms with Crippen LogP contribution in [0.3, 0.4) is 0 Å². The van der Waals surface area contributed by atoms with Gasteiger partial charge in [0.25, 0.3) is 0 Å². The first-order valence-electron chi connectivity index (χ1n) is 9.26. The fourth-order valence-electron chi connectivity index (χ4n) is 3.72. The largest absolute Gasteiger partial charge is 0.353 e. The maximum atomic E-state index is 12.3. The molecule has 132 valence electrons. The van der Waals surface area contributed by atoms with Gasteiger partial charge in [0.15, 0.2) is 0 Å². The number of amides is 2. The van der Waals surface area contributed by atoms with Crippen LogP contribution in [-0.2, 0) is 9.59 Å². The molecular formula is C18H33N3O2. The van der Waals surface area contributed by atoms with E-state index in [0.29, 0.717) is 18.3 Å². The summed E-state index contributed by atoms with van der Waals surface area (Å²) in [6.07, 6.45) is 4.83. The highest BCUT2D eigenvalue weighted by molar-refractivity contribution is 5.78. The van der Waals surface area contributed by atoms with Gasteiger partial charge < -0.3 is 15.5 Å². The molecule has 2 saturated heterocycles. The Labute approximate surface area is 140 Å². The molecule has 2 rings (SSSR count). The van der Waals surface area contributed by atoms with E-state index in [1.807, 2.05) is 18.7 Å². The lowest BCUT2D eigenvalue weighted by molar-refractivity contribution is -0.135. The second-order valence-electron chi connectivity index (χ2n) is 7.61. The molecule has 0 aromatic carbocycles. The summed E-state index contributed by atoms with van der Waals surface area (Å²) in [6, 6.07) is 0.232. The lowest BCUT2D eigenvalue weighted by Crippen LogP contribution is -2.48. The van der Waals surface area contributed by atoms with Crippen LogP contribution >= 0.6 is 0 Å². The van der Waals surface area contributed by atoms with E-state index in [1.165, 1.54) is 12.8 Å². The van der Waals surface area contributed by atoms with Crippen LogP contribution in [0.2, 0.25) is 0 Å². The summed E-state index contributed by atoms with van der Waals surface area (Å²) in [4.78, 5) is 26.2. The van der Waals surface area contributed by atoms with E-state index in [9.17, 15) is 9.59 Å². The molecule has 2 heterocycles. The van der Waals surface area contributed by atoms with Crippen molar-refractivity contribution in [3.8, 4) is 0 Å². The summed E-state index contributed by atoms with van der Waals surface area (Å²) in [6.45, 7) is 9.78. The number of rotatable bonds is 5. The highest BCUT2D eigenvalue weighted by Gasteiger charge is 2.26. The van der Waals surface area contributed by atoms with E-state index in [4.69, 9.17) is 0 Å². The van der Waals surface area contributed by atoms with Crippen LogP contribution in [0.15, 0.2) is 0 Å². The molecule has 0 saturated carbocycles. The number of likely N-dealkylation sites (tertiary alicyclic amines) is 1. The first-order valence-corrected chi connectivity index (χ1v) is 9.26. The zero-order valence-electron chi connectivity index (χ0n) is 14.9. The molecule has 0 bridgehead atoms. The average Bonchev–Trinajstić information content (AvgIpc) is 2.55. The maximum absolute atomic E-state index is 12.3. The van der Waals surface area contributed by atoms with Crippen LogP contribution in [0.4, 0.5) is 0 Å². The Morgan fingerprint density at radius 2 is 1.87 bits per heavy atom. The molecule has 2 fully saturated rings. The number of carbonyl (C=O) groups excluding carboxylic acids is 2. The topological polar surface area (TPSA) is 61.4 Å². The van der Waals surface area contributed by atoms with Crippen LogP contribution in [0, 0.1) is 17.8 Å². The Morgan fingerprint density at radius 3 is 2.43 bits per heavy atom. The number of hydrogen-bond donors (Lipinski definition) is 2. The zero-order valence-corrected chi connectivity index (χ0v) is 14.9. The molecule has 0 aromatic rings. The first-order chi connectivity index (χ1) is 11.0. The molecule has 0 aromatic heterocycles. The van der Waals surface area contributed by atoms with Crippen LogP contribution in [-0.4, -0.2) is 48.9 Å². The van der Waals surface area contributed by atoms with Gasteiger partial charge in [-0.15, -0.1) is 0 Å². The molecule has 5 heteroatoms. The predicted molar refractivity (Wildman–Crippen MR) is 92.0 cm³/mol. The summed E-state index contributed by atoms with van der Waals surface area (Å²) in [7, 11) is 0. The first kappa shape index (κ1) is 18.2. The van der Waals surface area contributed by atoms with Crippen LogP contribution in [0.5, 0.6) is 0 Å². The highest BCUT2D eigenvalue weighted by Crippen LogP contribution is 2.22. The smallest absolute Gasteiger partial charge is 0.225 e. The number of nitrogens with one attached hydrogen (secondary N) is 2. The molecule has 2 aliphatic heterocycles. The van der Waals surface area contributed by atoms with Crippen LogP contribution < -0.4 is 10.6 Å². The van der Waals surface area contributed by atoms with Crippen molar-refractivity contribution in [2.24, 2.45) is 17.8 Å². The van der Waals surface area contributed by atoms with Crippen molar-refractivity contribution < 1.29 is 9.59 Å². The van der Waals surface area contributed by atoms with Crippen molar-refractivity contribution in [1.29, 1.82) is 0 Å². The quantitative estimate of drug-likeness (QED) is 0.811. The predicted octanol–water partition coefficient (Wildman–Crippen LogP) is 1.78. The molecule has 2 aliphatic rings. The molecule has 5 nitrogen and oxygen atoms in total. The van der Waals surface area contributed by atoms with E-state index in [0.717, 1.165) is 39.0 Å². The lowest BCUT2D eigenvalue weighted by Gasteiger charge is -2.34. The Bertz CT molecular complexity index is 397. The maximum Gasteiger partial charge on any atom is 0.225 e. The van der Waals surface area contributed by atoms with Gasteiger partial charge >= 0.3 is 0 Å². The Kier molecular flexibility index (Phi) is 6.88. The number of piperidine rings is 2. The molecule has 2 N–H and O–H groups in total. The van der Waals surface area contributed by atoms with Gasteiger partial charge in [0.2, 0.25) is 11.8 Å². The van der Waals surface area contributed by atoms with Gasteiger partial charge in [0, 0.05) is 31.5 Å². The fourth-order valence-corrected chi connectivity index (χ4v) is 3.72. The Hall–Kier alpha value is -1.10. The minimum absolute atomic E-state index is 0.0612. The van der Waals surface area contributed by atoms with Crippen molar-refractivity contribution in [2.45, 2.75) is 58.9 Å². The third kappa shape index (κ3) is 5.48. The molecule has 2 unspecified atom stereocenters. The van der Waals surface area contributed by atoms with Crippen LogP contribution in [0.25, 0.3) is 0 Å². The molecule has 0 aliphatic carbocycles.